The van der Waals surface area contributed by atoms with Crippen molar-refractivity contribution in [3.05, 3.63) is 44.0 Å². The summed E-state index contributed by atoms with van der Waals surface area (Å²) in [6.07, 6.45) is 2.53. The van der Waals surface area contributed by atoms with Gasteiger partial charge < -0.3 is 35.9 Å². The molecule has 0 spiro atoms. The number of thiazole rings is 1. The zero-order valence-corrected chi connectivity index (χ0v) is 21.5. The first-order valence-electron chi connectivity index (χ1n) is 11.7. The van der Waals surface area contributed by atoms with E-state index < -0.39 is 54.6 Å². The van der Waals surface area contributed by atoms with Gasteiger partial charge in [0.25, 0.3) is 11.5 Å². The molecule has 2 atom stereocenters. The van der Waals surface area contributed by atoms with Crippen LogP contribution in [0.1, 0.15) is 51.8 Å². The number of nitrogens with zero attached hydrogens (tertiary/aromatic N) is 2. The molecule has 3 aromatic heterocycles. The fraction of sp³-hybridized carbons (Fsp3) is 0.391. The Morgan fingerprint density at radius 1 is 1.00 bits per heavy atom. The lowest BCUT2D eigenvalue weighted by molar-refractivity contribution is -0.143. The van der Waals surface area contributed by atoms with Crippen LogP contribution in [0.25, 0.3) is 11.0 Å². The van der Waals surface area contributed by atoms with E-state index in [4.69, 9.17) is 10.2 Å². The summed E-state index contributed by atoms with van der Waals surface area (Å²) in [6.45, 7) is 1.68. The Morgan fingerprint density at radius 2 is 1.67 bits per heavy atom. The number of H-pyrrole nitrogens is 2. The molecule has 39 heavy (non-hydrogen) atoms. The van der Waals surface area contributed by atoms with E-state index in [1.807, 2.05) is 0 Å². The van der Waals surface area contributed by atoms with Crippen molar-refractivity contribution in [3.63, 3.8) is 0 Å². The molecule has 0 aliphatic heterocycles. The Hall–Kier alpha value is -4.60. The van der Waals surface area contributed by atoms with E-state index in [1.165, 1.54) is 6.20 Å². The zero-order valence-electron chi connectivity index (χ0n) is 20.6. The van der Waals surface area contributed by atoms with Gasteiger partial charge in [0.1, 0.15) is 23.6 Å². The van der Waals surface area contributed by atoms with Gasteiger partial charge in [-0.15, -0.1) is 11.3 Å². The molecule has 0 radical (unpaired) electrons. The van der Waals surface area contributed by atoms with Gasteiger partial charge >= 0.3 is 17.9 Å². The number of carbonyl (C=O) groups excluding carboxylic acids is 2. The van der Waals surface area contributed by atoms with E-state index in [0.717, 1.165) is 21.8 Å². The van der Waals surface area contributed by atoms with Gasteiger partial charge in [0.15, 0.2) is 5.01 Å². The maximum absolute atomic E-state index is 12.6. The van der Waals surface area contributed by atoms with Gasteiger partial charge in [0, 0.05) is 30.1 Å². The minimum absolute atomic E-state index is 0.00868. The minimum atomic E-state index is -1.45. The van der Waals surface area contributed by atoms with E-state index in [9.17, 15) is 33.9 Å². The summed E-state index contributed by atoms with van der Waals surface area (Å²) in [5.41, 5.74) is 0.962. The molecule has 3 heterocycles. The average Bonchev–Trinajstić information content (AvgIpc) is 3.49. The number of hydrogen-bond donors (Lipinski definition) is 7. The highest BCUT2D eigenvalue weighted by molar-refractivity contribution is 7.13. The van der Waals surface area contributed by atoms with Crippen LogP contribution >= 0.6 is 11.3 Å². The third-order valence-electron chi connectivity index (χ3n) is 5.67. The van der Waals surface area contributed by atoms with Gasteiger partial charge in [-0.1, -0.05) is 0 Å². The summed E-state index contributed by atoms with van der Waals surface area (Å²) in [7, 11) is 0. The Labute approximate surface area is 223 Å². The highest BCUT2D eigenvalue weighted by Crippen LogP contribution is 2.19. The van der Waals surface area contributed by atoms with E-state index in [0.29, 0.717) is 29.7 Å². The highest BCUT2D eigenvalue weighted by Gasteiger charge is 2.25. The van der Waals surface area contributed by atoms with Crippen molar-refractivity contribution in [2.75, 3.05) is 0 Å². The normalized spacial score (nSPS) is 12.5. The molecule has 3 aromatic rings. The number of aryl methyl sites for hydroxylation is 3. The molecule has 0 saturated carbocycles. The van der Waals surface area contributed by atoms with Crippen LogP contribution in [0.2, 0.25) is 0 Å². The molecule has 3 rings (SSSR count). The van der Waals surface area contributed by atoms with Crippen LogP contribution < -0.4 is 16.2 Å². The van der Waals surface area contributed by atoms with Crippen molar-refractivity contribution in [2.24, 2.45) is 0 Å². The van der Waals surface area contributed by atoms with E-state index in [-0.39, 0.29) is 23.4 Å². The van der Waals surface area contributed by atoms with Gasteiger partial charge in [-0.05, 0) is 38.2 Å². The number of carboxylic acids is 3. The van der Waals surface area contributed by atoms with Gasteiger partial charge in [-0.3, -0.25) is 19.2 Å². The summed E-state index contributed by atoms with van der Waals surface area (Å²) >= 11 is 1.05. The summed E-state index contributed by atoms with van der Waals surface area (Å²) in [6, 6.07) is -2.89. The monoisotopic (exact) mass is 562 g/mol. The molecule has 0 aliphatic rings. The number of carbonyl (C=O) groups is 5. The number of amides is 2. The Bertz CT molecular complexity index is 1460. The number of rotatable bonds is 14. The molecule has 0 aromatic carbocycles. The quantitative estimate of drug-likeness (QED) is 0.140. The standard InChI is InChI=1S/C23H26N6O9S/c1-10-26-18-17(19(33)27-10)11(8-24-18)2-3-12-9-25-21(39-12)20(34)29-14(23(37)38)4-6-15(30)28-13(22(35)36)5-7-16(31)32/h8-9,13-14H,2-7H2,1H3,(H,28,30)(H,29,34)(H,31,32)(H,35,36)(H,37,38)(H2,24,26,27,33)/t13-,14-/m0/s1. The average molecular weight is 563 g/mol. The lowest BCUT2D eigenvalue weighted by Crippen LogP contribution is -2.44. The number of aromatic nitrogens is 4. The SMILES string of the molecule is Cc1nc2[nH]cc(CCc3cnc(C(=O)N[C@@H](CCC(=O)N[C@@H](CCC(=O)O)C(=O)O)C(=O)O)s3)c2c(=O)[nH]1. The molecular weight excluding hydrogens is 536 g/mol. The van der Waals surface area contributed by atoms with Gasteiger partial charge in [-0.2, -0.15) is 0 Å². The van der Waals surface area contributed by atoms with E-state index in [2.05, 4.69) is 30.6 Å². The Morgan fingerprint density at radius 3 is 2.33 bits per heavy atom. The summed E-state index contributed by atoms with van der Waals surface area (Å²) in [4.78, 5) is 85.1. The van der Waals surface area contributed by atoms with E-state index >= 15 is 0 Å². The van der Waals surface area contributed by atoms with Crippen molar-refractivity contribution >= 4 is 52.1 Å². The van der Waals surface area contributed by atoms with Crippen LogP contribution in [0, 0.1) is 6.92 Å². The minimum Gasteiger partial charge on any atom is -0.481 e. The molecule has 0 unspecified atom stereocenters. The largest absolute Gasteiger partial charge is 0.481 e. The Kier molecular flexibility index (Phi) is 9.48. The topological polar surface area (TPSA) is 245 Å². The van der Waals surface area contributed by atoms with Gasteiger partial charge in [0.2, 0.25) is 5.91 Å². The van der Waals surface area contributed by atoms with Crippen molar-refractivity contribution in [2.45, 2.75) is 57.5 Å². The van der Waals surface area contributed by atoms with Crippen LogP contribution in [0.15, 0.2) is 17.2 Å². The van der Waals surface area contributed by atoms with E-state index in [1.54, 1.807) is 13.1 Å². The third-order valence-corrected chi connectivity index (χ3v) is 6.73. The van der Waals surface area contributed by atoms with Crippen molar-refractivity contribution in [3.8, 4) is 0 Å². The van der Waals surface area contributed by atoms with Crippen LogP contribution in [0.3, 0.4) is 0 Å². The molecule has 0 fully saturated rings. The summed E-state index contributed by atoms with van der Waals surface area (Å²) in [5.74, 6) is -5.12. The molecule has 7 N–H and O–H groups in total. The van der Waals surface area contributed by atoms with Crippen molar-refractivity contribution < 1.29 is 39.3 Å². The summed E-state index contributed by atoms with van der Waals surface area (Å²) in [5, 5.41) is 32.2. The van der Waals surface area contributed by atoms with Crippen LogP contribution in [0.4, 0.5) is 0 Å². The highest BCUT2D eigenvalue weighted by atomic mass is 32.1. The number of carboxylic acid groups (broad SMARTS) is 3. The Balaban J connectivity index is 1.55. The van der Waals surface area contributed by atoms with Gasteiger partial charge in [0.05, 0.1) is 5.39 Å². The lowest BCUT2D eigenvalue weighted by atomic mass is 10.1. The molecule has 2 amide bonds. The fourth-order valence-electron chi connectivity index (χ4n) is 3.74. The number of fused-ring (bicyclic) bond motifs is 1. The molecule has 0 saturated heterocycles. The van der Waals surface area contributed by atoms with Crippen molar-refractivity contribution in [1.82, 2.24) is 30.6 Å². The molecular formula is C23H26N6O9S. The number of nitrogens with one attached hydrogen (secondary N) is 4. The second kappa shape index (κ2) is 12.8. The second-order valence-electron chi connectivity index (χ2n) is 8.61. The first kappa shape index (κ1) is 29.0. The number of aliphatic carboxylic acids is 3. The molecule has 0 aliphatic carbocycles. The number of hydrogen-bond acceptors (Lipinski definition) is 9. The first-order chi connectivity index (χ1) is 18.4. The predicted octanol–water partition coefficient (Wildman–Crippen LogP) is 0.199. The smallest absolute Gasteiger partial charge is 0.326 e. The lowest BCUT2D eigenvalue weighted by Gasteiger charge is -2.16. The molecule has 16 heteroatoms. The van der Waals surface area contributed by atoms with Crippen molar-refractivity contribution in [1.29, 1.82) is 0 Å². The molecule has 0 bridgehead atoms. The second-order valence-corrected chi connectivity index (χ2v) is 9.73. The zero-order chi connectivity index (χ0) is 28.7. The molecule has 208 valence electrons. The van der Waals surface area contributed by atoms with Crippen LogP contribution in [-0.4, -0.2) is 77.1 Å². The number of aromatic amines is 2. The summed E-state index contributed by atoms with van der Waals surface area (Å²) < 4.78 is 0. The van der Waals surface area contributed by atoms with Crippen LogP contribution in [0.5, 0.6) is 0 Å². The third kappa shape index (κ3) is 7.94. The molecule has 15 nitrogen and oxygen atoms in total. The maximum atomic E-state index is 12.6. The van der Waals surface area contributed by atoms with Gasteiger partial charge in [-0.25, -0.2) is 19.6 Å². The van der Waals surface area contributed by atoms with Crippen LogP contribution in [-0.2, 0) is 32.0 Å². The first-order valence-corrected chi connectivity index (χ1v) is 12.6. The predicted molar refractivity (Wildman–Crippen MR) is 136 cm³/mol. The maximum Gasteiger partial charge on any atom is 0.326 e. The fourth-order valence-corrected chi connectivity index (χ4v) is 4.56.